The molecule has 0 unspecified atom stereocenters. The Balaban J connectivity index is 1.59. The van der Waals surface area contributed by atoms with Crippen molar-refractivity contribution in [3.05, 3.63) is 48.5 Å². The molecule has 1 saturated heterocycles. The lowest BCUT2D eigenvalue weighted by Gasteiger charge is -2.36. The van der Waals surface area contributed by atoms with Crippen molar-refractivity contribution < 1.29 is 17.9 Å². The minimum Gasteiger partial charge on any atom is -0.495 e. The molecule has 144 valence electrons. The second kappa shape index (κ2) is 7.87. The lowest BCUT2D eigenvalue weighted by Crippen LogP contribution is -2.50. The third kappa shape index (κ3) is 4.51. The fourth-order valence-electron chi connectivity index (χ4n) is 3.01. The van der Waals surface area contributed by atoms with E-state index in [-0.39, 0.29) is 6.03 Å². The Bertz CT molecular complexity index is 905. The van der Waals surface area contributed by atoms with E-state index in [2.05, 4.69) is 10.2 Å². The van der Waals surface area contributed by atoms with Crippen LogP contribution >= 0.6 is 0 Å². The van der Waals surface area contributed by atoms with E-state index in [1.807, 2.05) is 12.1 Å². The maximum absolute atomic E-state index is 12.5. The van der Waals surface area contributed by atoms with Gasteiger partial charge in [0.1, 0.15) is 5.75 Å². The largest absolute Gasteiger partial charge is 0.495 e. The number of benzene rings is 2. The number of hydrogen-bond donors (Lipinski definition) is 1. The van der Waals surface area contributed by atoms with Gasteiger partial charge in [0.15, 0.2) is 9.84 Å². The molecule has 7 nitrogen and oxygen atoms in total. The van der Waals surface area contributed by atoms with Crippen molar-refractivity contribution in [1.29, 1.82) is 0 Å². The molecule has 1 fully saturated rings. The number of amides is 2. The van der Waals surface area contributed by atoms with Crippen LogP contribution in [0.3, 0.4) is 0 Å². The van der Waals surface area contributed by atoms with Crippen LogP contribution in [0.15, 0.2) is 53.4 Å². The van der Waals surface area contributed by atoms with Crippen LogP contribution in [-0.2, 0) is 9.84 Å². The van der Waals surface area contributed by atoms with Gasteiger partial charge in [-0.1, -0.05) is 12.1 Å². The number of carbonyl (C=O) groups is 1. The molecule has 8 heteroatoms. The van der Waals surface area contributed by atoms with Crippen LogP contribution in [0.25, 0.3) is 0 Å². The van der Waals surface area contributed by atoms with Crippen molar-refractivity contribution in [2.45, 2.75) is 4.90 Å². The average molecular weight is 389 g/mol. The van der Waals surface area contributed by atoms with E-state index in [9.17, 15) is 13.2 Å². The van der Waals surface area contributed by atoms with Crippen molar-refractivity contribution in [2.75, 3.05) is 49.8 Å². The molecule has 0 aliphatic carbocycles. The number of nitrogens with zero attached hydrogens (tertiary/aromatic N) is 2. The Labute approximate surface area is 159 Å². The van der Waals surface area contributed by atoms with Crippen molar-refractivity contribution in [3.8, 4) is 5.75 Å². The van der Waals surface area contributed by atoms with Gasteiger partial charge in [-0.05, 0) is 36.4 Å². The summed E-state index contributed by atoms with van der Waals surface area (Å²) in [5.74, 6) is 0.621. The Hall–Kier alpha value is -2.74. The van der Waals surface area contributed by atoms with Gasteiger partial charge < -0.3 is 19.9 Å². The van der Waals surface area contributed by atoms with E-state index in [1.165, 1.54) is 6.26 Å². The van der Waals surface area contributed by atoms with E-state index in [0.29, 0.717) is 42.5 Å². The highest BCUT2D eigenvalue weighted by Gasteiger charge is 2.22. The summed E-state index contributed by atoms with van der Waals surface area (Å²) in [7, 11) is -1.63. The van der Waals surface area contributed by atoms with E-state index in [0.717, 1.165) is 5.69 Å². The predicted molar refractivity (Wildman–Crippen MR) is 105 cm³/mol. The fraction of sp³-hybridized carbons (Fsp3) is 0.316. The number of nitrogens with one attached hydrogen (secondary N) is 1. The summed E-state index contributed by atoms with van der Waals surface area (Å²) in [6.07, 6.45) is 1.20. The van der Waals surface area contributed by atoms with E-state index < -0.39 is 9.84 Å². The molecule has 0 radical (unpaired) electrons. The zero-order valence-electron chi connectivity index (χ0n) is 15.4. The highest BCUT2D eigenvalue weighted by molar-refractivity contribution is 7.90. The van der Waals surface area contributed by atoms with Gasteiger partial charge in [-0.2, -0.15) is 0 Å². The van der Waals surface area contributed by atoms with Crippen LogP contribution in [0.4, 0.5) is 16.2 Å². The molecule has 2 amide bonds. The first-order valence-corrected chi connectivity index (χ1v) is 10.5. The van der Waals surface area contributed by atoms with Crippen molar-refractivity contribution in [1.82, 2.24) is 4.90 Å². The van der Waals surface area contributed by atoms with Gasteiger partial charge in [0, 0.05) is 38.1 Å². The molecule has 1 aliphatic rings. The number of rotatable bonds is 4. The number of piperazine rings is 1. The first kappa shape index (κ1) is 19.0. The van der Waals surface area contributed by atoms with Crippen LogP contribution in [0.2, 0.25) is 0 Å². The Morgan fingerprint density at radius 3 is 2.22 bits per heavy atom. The molecule has 0 aromatic heterocycles. The zero-order valence-corrected chi connectivity index (χ0v) is 16.2. The first-order valence-electron chi connectivity index (χ1n) is 8.62. The summed E-state index contributed by atoms with van der Waals surface area (Å²) in [4.78, 5) is 16.7. The number of urea groups is 1. The molecule has 0 saturated carbocycles. The predicted octanol–water partition coefficient (Wildman–Crippen LogP) is 2.45. The summed E-state index contributed by atoms with van der Waals surface area (Å²) >= 11 is 0. The van der Waals surface area contributed by atoms with Gasteiger partial charge >= 0.3 is 6.03 Å². The molecule has 0 spiro atoms. The molecule has 1 aliphatic heterocycles. The minimum absolute atomic E-state index is 0.161. The molecular formula is C19H23N3O4S. The molecular weight excluding hydrogens is 366 g/mol. The molecule has 2 aromatic rings. The first-order chi connectivity index (χ1) is 12.9. The quantitative estimate of drug-likeness (QED) is 0.869. The second-order valence-electron chi connectivity index (χ2n) is 6.37. The van der Waals surface area contributed by atoms with Gasteiger partial charge in [-0.15, -0.1) is 0 Å². The Kier molecular flexibility index (Phi) is 5.55. The molecule has 1 heterocycles. The molecule has 27 heavy (non-hydrogen) atoms. The topological polar surface area (TPSA) is 79.0 Å². The number of anilines is 2. The van der Waals surface area contributed by atoms with Crippen LogP contribution in [0.5, 0.6) is 5.75 Å². The van der Waals surface area contributed by atoms with Gasteiger partial charge in [-0.25, -0.2) is 13.2 Å². The normalized spacial score (nSPS) is 14.7. The van der Waals surface area contributed by atoms with Crippen LogP contribution in [0.1, 0.15) is 0 Å². The third-order valence-corrected chi connectivity index (χ3v) is 5.67. The maximum Gasteiger partial charge on any atom is 0.322 e. The SMILES string of the molecule is COc1ccccc1NC(=O)N1CCN(c2ccc(S(C)(=O)=O)cc2)CC1. The number of methoxy groups -OCH3 is 1. The molecule has 0 bridgehead atoms. The highest BCUT2D eigenvalue weighted by Crippen LogP contribution is 2.24. The Morgan fingerprint density at radius 1 is 1.00 bits per heavy atom. The van der Waals surface area contributed by atoms with Gasteiger partial charge in [0.05, 0.1) is 17.7 Å². The summed E-state index contributed by atoms with van der Waals surface area (Å²) < 4.78 is 28.4. The van der Waals surface area contributed by atoms with Gasteiger partial charge in [0.25, 0.3) is 0 Å². The smallest absolute Gasteiger partial charge is 0.322 e. The van der Waals surface area contributed by atoms with Gasteiger partial charge in [-0.3, -0.25) is 0 Å². The maximum atomic E-state index is 12.5. The standard InChI is InChI=1S/C19H23N3O4S/c1-26-18-6-4-3-5-17(18)20-19(23)22-13-11-21(12-14-22)15-7-9-16(10-8-15)27(2,24)25/h3-10H,11-14H2,1-2H3,(H,20,23). The average Bonchev–Trinajstić information content (AvgIpc) is 2.68. The zero-order chi connectivity index (χ0) is 19.4. The number of para-hydroxylation sites is 2. The molecule has 2 aromatic carbocycles. The lowest BCUT2D eigenvalue weighted by atomic mass is 10.2. The number of hydrogen-bond acceptors (Lipinski definition) is 5. The summed E-state index contributed by atoms with van der Waals surface area (Å²) in [6.45, 7) is 2.51. The van der Waals surface area contributed by atoms with E-state index in [1.54, 1.807) is 48.4 Å². The number of carbonyl (C=O) groups excluding carboxylic acids is 1. The van der Waals surface area contributed by atoms with E-state index in [4.69, 9.17) is 4.74 Å². The van der Waals surface area contributed by atoms with Crippen molar-refractivity contribution in [2.24, 2.45) is 0 Å². The number of sulfone groups is 1. The highest BCUT2D eigenvalue weighted by atomic mass is 32.2. The van der Waals surface area contributed by atoms with Crippen LogP contribution in [0, 0.1) is 0 Å². The number of ether oxygens (including phenoxy) is 1. The van der Waals surface area contributed by atoms with Crippen LogP contribution < -0.4 is 15.0 Å². The summed E-state index contributed by atoms with van der Waals surface area (Å²) in [5.41, 5.74) is 1.59. The Morgan fingerprint density at radius 2 is 1.63 bits per heavy atom. The second-order valence-corrected chi connectivity index (χ2v) is 8.39. The summed E-state index contributed by atoms with van der Waals surface area (Å²) in [6, 6.07) is 14.0. The monoisotopic (exact) mass is 389 g/mol. The molecule has 1 N–H and O–H groups in total. The summed E-state index contributed by atoms with van der Waals surface area (Å²) in [5, 5.41) is 2.89. The third-order valence-electron chi connectivity index (χ3n) is 4.55. The van der Waals surface area contributed by atoms with Gasteiger partial charge in [0.2, 0.25) is 0 Å². The molecule has 0 atom stereocenters. The lowest BCUT2D eigenvalue weighted by molar-refractivity contribution is 0.208. The van der Waals surface area contributed by atoms with E-state index >= 15 is 0 Å². The van der Waals surface area contributed by atoms with Crippen LogP contribution in [-0.4, -0.2) is 58.9 Å². The molecule has 3 rings (SSSR count). The minimum atomic E-state index is -3.20. The fourth-order valence-corrected chi connectivity index (χ4v) is 3.64. The van der Waals surface area contributed by atoms with Crippen molar-refractivity contribution in [3.63, 3.8) is 0 Å². The van der Waals surface area contributed by atoms with Crippen molar-refractivity contribution >= 4 is 27.2 Å².